The molecule has 0 atom stereocenters. The molecule has 0 aliphatic heterocycles. The third-order valence-electron chi connectivity index (χ3n) is 2.38. The van der Waals surface area contributed by atoms with Crippen molar-refractivity contribution in [3.63, 3.8) is 0 Å². The molecule has 2 N–H and O–H groups in total. The van der Waals surface area contributed by atoms with Gasteiger partial charge in [-0.05, 0) is 44.0 Å². The predicted molar refractivity (Wildman–Crippen MR) is 66.6 cm³/mol. The molecule has 18 heavy (non-hydrogen) atoms. The molecule has 1 amide bonds. The first-order chi connectivity index (χ1) is 8.45. The van der Waals surface area contributed by atoms with Crippen molar-refractivity contribution in [2.24, 2.45) is 5.73 Å². The summed E-state index contributed by atoms with van der Waals surface area (Å²) in [6.07, 6.45) is 0. The molecule has 0 saturated carbocycles. The van der Waals surface area contributed by atoms with E-state index in [0.29, 0.717) is 17.9 Å². The van der Waals surface area contributed by atoms with Gasteiger partial charge in [0.15, 0.2) is 6.61 Å². The van der Waals surface area contributed by atoms with Gasteiger partial charge in [-0.15, -0.1) is 0 Å². The van der Waals surface area contributed by atoms with Gasteiger partial charge in [0.05, 0.1) is 6.61 Å². The fourth-order valence-corrected chi connectivity index (χ4v) is 1.65. The Morgan fingerprint density at radius 3 is 2.22 bits per heavy atom. The van der Waals surface area contributed by atoms with Crippen LogP contribution < -0.4 is 10.5 Å². The van der Waals surface area contributed by atoms with Crippen LogP contribution in [0.15, 0.2) is 12.1 Å². The van der Waals surface area contributed by atoms with E-state index in [1.165, 1.54) is 0 Å². The largest absolute Gasteiger partial charge is 0.481 e. The molecule has 0 bridgehead atoms. The highest BCUT2D eigenvalue weighted by molar-refractivity contribution is 5.93. The van der Waals surface area contributed by atoms with Crippen LogP contribution in [0.3, 0.4) is 0 Å². The third kappa shape index (κ3) is 3.48. The Bertz CT molecular complexity index is 445. The fraction of sp³-hybridized carbons (Fsp3) is 0.385. The Balaban J connectivity index is 2.84. The quantitative estimate of drug-likeness (QED) is 0.801. The Kier molecular flexibility index (Phi) is 4.71. The number of hydrogen-bond acceptors (Lipinski definition) is 4. The molecule has 0 radical (unpaired) electrons. The Morgan fingerprint density at radius 2 is 1.78 bits per heavy atom. The lowest BCUT2D eigenvalue weighted by molar-refractivity contribution is -0.145. The van der Waals surface area contributed by atoms with Gasteiger partial charge < -0.3 is 15.2 Å². The van der Waals surface area contributed by atoms with Gasteiger partial charge in [-0.3, -0.25) is 4.79 Å². The van der Waals surface area contributed by atoms with Crippen LogP contribution in [0.4, 0.5) is 0 Å². The summed E-state index contributed by atoms with van der Waals surface area (Å²) in [4.78, 5) is 22.3. The number of benzene rings is 1. The topological polar surface area (TPSA) is 78.6 Å². The van der Waals surface area contributed by atoms with E-state index in [2.05, 4.69) is 0 Å². The maximum Gasteiger partial charge on any atom is 0.344 e. The molecule has 0 aliphatic rings. The van der Waals surface area contributed by atoms with Gasteiger partial charge >= 0.3 is 5.97 Å². The van der Waals surface area contributed by atoms with E-state index < -0.39 is 11.9 Å². The molecule has 0 spiro atoms. The second kappa shape index (κ2) is 6.05. The van der Waals surface area contributed by atoms with E-state index in [0.717, 1.165) is 11.1 Å². The van der Waals surface area contributed by atoms with Crippen LogP contribution in [0, 0.1) is 13.8 Å². The van der Waals surface area contributed by atoms with Crippen LogP contribution >= 0.6 is 0 Å². The molecule has 0 aromatic heterocycles. The number of nitrogens with two attached hydrogens (primary N) is 1. The van der Waals surface area contributed by atoms with Crippen molar-refractivity contribution in [2.45, 2.75) is 20.8 Å². The SMILES string of the molecule is CCOC(=O)COc1c(C)cc(C(N)=O)cc1C. The molecule has 0 heterocycles. The molecule has 0 saturated heterocycles. The summed E-state index contributed by atoms with van der Waals surface area (Å²) >= 11 is 0. The highest BCUT2D eigenvalue weighted by Crippen LogP contribution is 2.24. The minimum atomic E-state index is -0.488. The van der Waals surface area contributed by atoms with E-state index in [1.807, 2.05) is 0 Å². The predicted octanol–water partition coefficient (Wildman–Crippen LogP) is 1.34. The second-order valence-electron chi connectivity index (χ2n) is 3.90. The maximum absolute atomic E-state index is 11.2. The van der Waals surface area contributed by atoms with Crippen LogP contribution in [0.25, 0.3) is 0 Å². The average Bonchev–Trinajstić information content (AvgIpc) is 2.27. The molecular weight excluding hydrogens is 234 g/mol. The summed E-state index contributed by atoms with van der Waals surface area (Å²) in [5.74, 6) is -0.332. The van der Waals surface area contributed by atoms with Gasteiger partial charge in [0.25, 0.3) is 0 Å². The Morgan fingerprint density at radius 1 is 1.22 bits per heavy atom. The van der Waals surface area contributed by atoms with Gasteiger partial charge in [-0.1, -0.05) is 0 Å². The summed E-state index contributed by atoms with van der Waals surface area (Å²) in [7, 11) is 0. The lowest BCUT2D eigenvalue weighted by Crippen LogP contribution is -2.16. The average molecular weight is 251 g/mol. The summed E-state index contributed by atoms with van der Waals surface area (Å²) in [6, 6.07) is 3.27. The van der Waals surface area contributed by atoms with Gasteiger partial charge in [-0.25, -0.2) is 4.79 Å². The van der Waals surface area contributed by atoms with Crippen molar-refractivity contribution in [1.82, 2.24) is 0 Å². The van der Waals surface area contributed by atoms with Crippen molar-refractivity contribution in [1.29, 1.82) is 0 Å². The molecule has 98 valence electrons. The molecule has 0 aliphatic carbocycles. The number of primary amides is 1. The second-order valence-corrected chi connectivity index (χ2v) is 3.90. The van der Waals surface area contributed by atoms with Crippen LogP contribution in [-0.4, -0.2) is 25.1 Å². The lowest BCUT2D eigenvalue weighted by atomic mass is 10.1. The van der Waals surface area contributed by atoms with E-state index in [4.69, 9.17) is 15.2 Å². The molecular formula is C13H17NO4. The zero-order valence-electron chi connectivity index (χ0n) is 10.8. The van der Waals surface area contributed by atoms with Crippen LogP contribution in [-0.2, 0) is 9.53 Å². The van der Waals surface area contributed by atoms with Crippen LogP contribution in [0.1, 0.15) is 28.4 Å². The molecule has 5 nitrogen and oxygen atoms in total. The zero-order valence-corrected chi connectivity index (χ0v) is 10.8. The smallest absolute Gasteiger partial charge is 0.344 e. The summed E-state index contributed by atoms with van der Waals surface area (Å²) < 4.78 is 10.2. The minimum absolute atomic E-state index is 0.147. The van der Waals surface area contributed by atoms with Gasteiger partial charge in [0, 0.05) is 5.56 Å². The first-order valence-corrected chi connectivity index (χ1v) is 5.65. The number of carbonyl (C=O) groups excluding carboxylic acids is 2. The standard InChI is InChI=1S/C13H17NO4/c1-4-17-11(15)7-18-12-8(2)5-10(13(14)16)6-9(12)3/h5-6H,4,7H2,1-3H3,(H2,14,16). The van der Waals surface area contributed by atoms with Crippen molar-refractivity contribution >= 4 is 11.9 Å². The number of hydrogen-bond donors (Lipinski definition) is 1. The van der Waals surface area contributed by atoms with Crippen molar-refractivity contribution < 1.29 is 19.1 Å². The number of amides is 1. The van der Waals surface area contributed by atoms with E-state index in [-0.39, 0.29) is 6.61 Å². The molecule has 5 heteroatoms. The van der Waals surface area contributed by atoms with Crippen molar-refractivity contribution in [3.05, 3.63) is 28.8 Å². The lowest BCUT2D eigenvalue weighted by Gasteiger charge is -2.12. The maximum atomic E-state index is 11.2. The molecule has 1 aromatic carbocycles. The van der Waals surface area contributed by atoms with Crippen molar-refractivity contribution in [2.75, 3.05) is 13.2 Å². The van der Waals surface area contributed by atoms with Crippen LogP contribution in [0.2, 0.25) is 0 Å². The van der Waals surface area contributed by atoms with Gasteiger partial charge in [-0.2, -0.15) is 0 Å². The highest BCUT2D eigenvalue weighted by Gasteiger charge is 2.11. The summed E-state index contributed by atoms with van der Waals surface area (Å²) in [5.41, 5.74) is 7.15. The number of esters is 1. The number of carbonyl (C=O) groups is 2. The number of ether oxygens (including phenoxy) is 2. The monoisotopic (exact) mass is 251 g/mol. The first kappa shape index (κ1) is 14.0. The molecule has 1 rings (SSSR count). The highest BCUT2D eigenvalue weighted by atomic mass is 16.6. The number of aryl methyl sites for hydroxylation is 2. The number of rotatable bonds is 5. The van der Waals surface area contributed by atoms with E-state index in [9.17, 15) is 9.59 Å². The Hall–Kier alpha value is -2.04. The van der Waals surface area contributed by atoms with Gasteiger partial charge in [0.1, 0.15) is 5.75 Å². The zero-order chi connectivity index (χ0) is 13.7. The van der Waals surface area contributed by atoms with E-state index >= 15 is 0 Å². The minimum Gasteiger partial charge on any atom is -0.481 e. The van der Waals surface area contributed by atoms with E-state index in [1.54, 1.807) is 32.9 Å². The Labute approximate surface area is 106 Å². The molecule has 1 aromatic rings. The first-order valence-electron chi connectivity index (χ1n) is 5.65. The fourth-order valence-electron chi connectivity index (χ4n) is 1.65. The van der Waals surface area contributed by atoms with Crippen molar-refractivity contribution in [3.8, 4) is 5.75 Å². The summed E-state index contributed by atoms with van der Waals surface area (Å²) in [6.45, 7) is 5.49. The summed E-state index contributed by atoms with van der Waals surface area (Å²) in [5, 5.41) is 0. The molecule has 0 unspecified atom stereocenters. The van der Waals surface area contributed by atoms with Crippen LogP contribution in [0.5, 0.6) is 5.75 Å². The normalized spacial score (nSPS) is 9.94. The van der Waals surface area contributed by atoms with Gasteiger partial charge in [0.2, 0.25) is 5.91 Å². The molecule has 0 fully saturated rings. The third-order valence-corrected chi connectivity index (χ3v) is 2.38.